The van der Waals surface area contributed by atoms with Crippen molar-refractivity contribution in [1.29, 1.82) is 0 Å². The second-order valence-corrected chi connectivity index (χ2v) is 4.95. The van der Waals surface area contributed by atoms with Gasteiger partial charge in [0.25, 0.3) is 0 Å². The monoisotopic (exact) mass is 456 g/mol. The third-order valence-electron chi connectivity index (χ3n) is 4.11. The van der Waals surface area contributed by atoms with Crippen molar-refractivity contribution in [3.8, 4) is 0 Å². The van der Waals surface area contributed by atoms with Crippen LogP contribution in [-0.4, -0.2) is 57.7 Å². The fourth-order valence-electron chi connectivity index (χ4n) is 2.88. The van der Waals surface area contributed by atoms with Crippen LogP contribution < -0.4 is 5.73 Å². The van der Waals surface area contributed by atoms with Gasteiger partial charge in [-0.05, 0) is 38.3 Å². The molecule has 0 unspecified atom stereocenters. The van der Waals surface area contributed by atoms with Gasteiger partial charge in [0.15, 0.2) is 0 Å². The van der Waals surface area contributed by atoms with Gasteiger partial charge < -0.3 is 10.6 Å². The van der Waals surface area contributed by atoms with Crippen molar-refractivity contribution in [1.82, 2.24) is 4.90 Å². The van der Waals surface area contributed by atoms with Crippen molar-refractivity contribution in [2.24, 2.45) is 11.7 Å². The molecule has 0 heterocycles. The molecule has 0 bridgehead atoms. The van der Waals surface area contributed by atoms with Gasteiger partial charge in [0.05, 0.1) is 5.41 Å². The summed E-state index contributed by atoms with van der Waals surface area (Å²) < 4.78 is 0. The third kappa shape index (κ3) is 2.86. The Morgan fingerprint density at radius 1 is 1.32 bits per heavy atom. The summed E-state index contributed by atoms with van der Waals surface area (Å²) in [4.78, 5) is 14.6. The number of carbonyl (C=O) groups is 1. The van der Waals surface area contributed by atoms with Crippen LogP contribution in [0.1, 0.15) is 25.8 Å². The Morgan fingerprint density at radius 2 is 1.89 bits per heavy atom. The standard InChI is InChI=1S/C15H22N2O.Pb.2H/c1-3-17(4-2)14(18)15(10-13(15)11-16)12-8-6-5-7-9-12;;;/h5-9,13H,3-4,10-11,16H2,1-2H3;;;/t13-,15+;;;/m1.../s1. The van der Waals surface area contributed by atoms with Gasteiger partial charge in [0.1, 0.15) is 0 Å². The quantitative estimate of drug-likeness (QED) is 0.670. The number of amides is 1. The van der Waals surface area contributed by atoms with Crippen LogP contribution >= 0.6 is 0 Å². The number of nitrogens with two attached hydrogens (primary N) is 1. The molecule has 1 amide bonds. The summed E-state index contributed by atoms with van der Waals surface area (Å²) in [6.45, 7) is 6.17. The van der Waals surface area contributed by atoms with Crippen molar-refractivity contribution in [2.45, 2.75) is 25.7 Å². The number of hydrogen-bond acceptors (Lipinski definition) is 2. The van der Waals surface area contributed by atoms with Crippen LogP contribution in [0.3, 0.4) is 0 Å². The summed E-state index contributed by atoms with van der Waals surface area (Å²) in [5.74, 6) is 0.544. The molecule has 1 fully saturated rings. The summed E-state index contributed by atoms with van der Waals surface area (Å²) in [5.41, 5.74) is 6.57. The van der Waals surface area contributed by atoms with Gasteiger partial charge in [-0.15, -0.1) is 0 Å². The Bertz CT molecular complexity index is 419. The molecular formula is C15H24N2OPb. The first-order valence-corrected chi connectivity index (χ1v) is 6.75. The summed E-state index contributed by atoms with van der Waals surface area (Å²) in [6.07, 6.45) is 0.892. The van der Waals surface area contributed by atoms with Crippen LogP contribution in [-0.2, 0) is 10.2 Å². The molecule has 4 heteroatoms. The second kappa shape index (κ2) is 6.83. The van der Waals surface area contributed by atoms with Crippen LogP contribution in [0, 0.1) is 5.92 Å². The zero-order valence-electron chi connectivity index (χ0n) is 11.9. The van der Waals surface area contributed by atoms with E-state index in [0.717, 1.165) is 25.1 Å². The number of hydrogen-bond donors (Lipinski definition) is 1. The fourth-order valence-corrected chi connectivity index (χ4v) is 2.88. The van der Waals surface area contributed by atoms with Gasteiger partial charge in [-0.3, -0.25) is 4.79 Å². The number of benzene rings is 1. The molecule has 1 aromatic carbocycles. The maximum absolute atomic E-state index is 12.7. The third-order valence-corrected chi connectivity index (χ3v) is 4.11. The van der Waals surface area contributed by atoms with Crippen LogP contribution in [0.5, 0.6) is 0 Å². The summed E-state index contributed by atoms with van der Waals surface area (Å²) in [7, 11) is 0. The molecular weight excluding hydrogens is 431 g/mol. The van der Waals surface area contributed by atoms with Crippen LogP contribution in [0.4, 0.5) is 0 Å². The average molecular weight is 456 g/mol. The number of rotatable bonds is 5. The van der Waals surface area contributed by atoms with Gasteiger partial charge in [-0.2, -0.15) is 0 Å². The van der Waals surface area contributed by atoms with E-state index in [0.29, 0.717) is 12.5 Å². The predicted molar refractivity (Wildman–Crippen MR) is 81.8 cm³/mol. The second-order valence-electron chi connectivity index (χ2n) is 4.95. The minimum absolute atomic E-state index is 0. The van der Waals surface area contributed by atoms with Crippen LogP contribution in [0.15, 0.2) is 30.3 Å². The predicted octanol–water partition coefficient (Wildman–Crippen LogP) is 0.855. The molecule has 2 N–H and O–H groups in total. The molecule has 1 aliphatic rings. The molecule has 2 rings (SSSR count). The number of likely N-dealkylation sites (N-methyl/N-ethyl adjacent to an activating group) is 1. The first-order valence-electron chi connectivity index (χ1n) is 6.75. The van der Waals surface area contributed by atoms with Crippen molar-refractivity contribution < 1.29 is 4.79 Å². The zero-order chi connectivity index (χ0) is 13.2. The number of nitrogens with zero attached hydrogens (tertiary/aromatic N) is 1. The van der Waals surface area contributed by atoms with Crippen LogP contribution in [0.2, 0.25) is 0 Å². The van der Waals surface area contributed by atoms with Gasteiger partial charge in [-0.1, -0.05) is 30.3 Å². The number of carbonyl (C=O) groups excluding carboxylic acids is 1. The van der Waals surface area contributed by atoms with Crippen molar-refractivity contribution in [2.75, 3.05) is 19.6 Å². The van der Waals surface area contributed by atoms with E-state index in [1.54, 1.807) is 0 Å². The van der Waals surface area contributed by atoms with Gasteiger partial charge in [-0.25, -0.2) is 0 Å². The first-order chi connectivity index (χ1) is 8.70. The minimum atomic E-state index is -0.345. The molecule has 2 radical (unpaired) electrons. The normalized spacial score (nSPS) is 24.5. The maximum atomic E-state index is 12.7. The van der Waals surface area contributed by atoms with Gasteiger partial charge in [0.2, 0.25) is 5.91 Å². The molecule has 0 saturated heterocycles. The Labute approximate surface area is 135 Å². The topological polar surface area (TPSA) is 46.3 Å². The average Bonchev–Trinajstić information content (AvgIpc) is 3.17. The Morgan fingerprint density at radius 3 is 2.32 bits per heavy atom. The Hall–Kier alpha value is -0.428. The molecule has 0 aromatic heterocycles. The van der Waals surface area contributed by atoms with Crippen molar-refractivity contribution in [3.63, 3.8) is 0 Å². The molecule has 0 aliphatic heterocycles. The van der Waals surface area contributed by atoms with Crippen molar-refractivity contribution >= 4 is 33.2 Å². The van der Waals surface area contributed by atoms with E-state index in [-0.39, 0.29) is 38.6 Å². The zero-order valence-corrected chi connectivity index (χ0v) is 17.4. The summed E-state index contributed by atoms with van der Waals surface area (Å²) in [5, 5.41) is 0. The van der Waals surface area contributed by atoms with Gasteiger partial charge in [0, 0.05) is 13.1 Å². The molecule has 104 valence electrons. The van der Waals surface area contributed by atoms with Crippen LogP contribution in [0.25, 0.3) is 0 Å². The van der Waals surface area contributed by atoms with E-state index >= 15 is 0 Å². The molecule has 1 saturated carbocycles. The van der Waals surface area contributed by atoms with E-state index in [2.05, 4.69) is 12.1 Å². The molecule has 2 atom stereocenters. The summed E-state index contributed by atoms with van der Waals surface area (Å²) >= 11 is 0. The fraction of sp³-hybridized carbons (Fsp3) is 0.533. The Kier molecular flexibility index (Phi) is 5.98. The van der Waals surface area contributed by atoms with E-state index in [1.807, 2.05) is 36.9 Å². The summed E-state index contributed by atoms with van der Waals surface area (Å²) in [6, 6.07) is 10.1. The molecule has 1 aliphatic carbocycles. The first kappa shape index (κ1) is 16.6. The van der Waals surface area contributed by atoms with E-state index in [9.17, 15) is 4.79 Å². The molecule has 19 heavy (non-hydrogen) atoms. The van der Waals surface area contributed by atoms with E-state index in [4.69, 9.17) is 5.73 Å². The molecule has 1 aromatic rings. The van der Waals surface area contributed by atoms with E-state index < -0.39 is 0 Å². The van der Waals surface area contributed by atoms with Gasteiger partial charge >= 0.3 is 27.3 Å². The molecule has 3 nitrogen and oxygen atoms in total. The van der Waals surface area contributed by atoms with Crippen molar-refractivity contribution in [3.05, 3.63) is 35.9 Å². The van der Waals surface area contributed by atoms with E-state index in [1.165, 1.54) is 0 Å². The Balaban J connectivity index is 0.00000180. The molecule has 0 spiro atoms. The SMILES string of the molecule is CCN(CC)C(=O)[C@]1(c2ccccc2)C[C@@H]1CN.[PbH2].